The molecule has 110 valence electrons. The summed E-state index contributed by atoms with van der Waals surface area (Å²) >= 11 is 6.06. The van der Waals surface area contributed by atoms with Crippen LogP contribution in [0.4, 0.5) is 5.69 Å². The highest BCUT2D eigenvalue weighted by atomic mass is 35.5. The number of nitrogens with zero attached hydrogens (tertiary/aromatic N) is 1. The molecule has 1 aliphatic heterocycles. The number of ether oxygens (including phenoxy) is 1. The molecule has 0 bridgehead atoms. The van der Waals surface area contributed by atoms with Gasteiger partial charge >= 0.3 is 0 Å². The summed E-state index contributed by atoms with van der Waals surface area (Å²) in [6, 6.07) is 5.65. The summed E-state index contributed by atoms with van der Waals surface area (Å²) in [5.41, 5.74) is 1.45. The topological polar surface area (TPSA) is 41.6 Å². The van der Waals surface area contributed by atoms with Crippen molar-refractivity contribution in [2.75, 3.05) is 26.0 Å². The predicted molar refractivity (Wildman–Crippen MR) is 81.5 cm³/mol. The van der Waals surface area contributed by atoms with Crippen molar-refractivity contribution in [1.82, 2.24) is 4.90 Å². The van der Waals surface area contributed by atoms with Crippen LogP contribution in [0.15, 0.2) is 18.2 Å². The second-order valence-electron chi connectivity index (χ2n) is 5.44. The second-order valence-corrected chi connectivity index (χ2v) is 5.87. The molecule has 0 aliphatic carbocycles. The predicted octanol–water partition coefficient (Wildman–Crippen LogP) is 3.02. The zero-order valence-corrected chi connectivity index (χ0v) is 12.9. The second kappa shape index (κ2) is 6.46. The molecule has 0 aromatic heterocycles. The number of carbonyl (C=O) groups is 1. The highest BCUT2D eigenvalue weighted by molar-refractivity contribution is 6.31. The Hall–Kier alpha value is -1.26. The maximum absolute atomic E-state index is 12.2. The molecule has 1 saturated heterocycles. The van der Waals surface area contributed by atoms with Gasteiger partial charge in [-0.1, -0.05) is 11.6 Å². The van der Waals surface area contributed by atoms with Gasteiger partial charge in [0.2, 0.25) is 0 Å². The molecule has 1 aromatic rings. The van der Waals surface area contributed by atoms with Crippen molar-refractivity contribution < 1.29 is 9.53 Å². The number of hydrogen-bond donors (Lipinski definition) is 1. The fraction of sp³-hybridized carbons (Fsp3) is 0.533. The summed E-state index contributed by atoms with van der Waals surface area (Å²) in [6.07, 6.45) is 2.11. The van der Waals surface area contributed by atoms with E-state index in [1.807, 2.05) is 6.07 Å². The highest BCUT2D eigenvalue weighted by Gasteiger charge is 2.21. The molecule has 2 unspecified atom stereocenters. The van der Waals surface area contributed by atoms with Crippen LogP contribution in [0.3, 0.4) is 0 Å². The normalized spacial score (nSPS) is 22.4. The van der Waals surface area contributed by atoms with Crippen molar-refractivity contribution in [3.8, 4) is 0 Å². The van der Waals surface area contributed by atoms with Gasteiger partial charge in [-0.3, -0.25) is 4.79 Å². The summed E-state index contributed by atoms with van der Waals surface area (Å²) in [4.78, 5) is 13.8. The van der Waals surface area contributed by atoms with E-state index in [4.69, 9.17) is 16.3 Å². The van der Waals surface area contributed by atoms with E-state index in [0.29, 0.717) is 16.6 Å². The molecule has 5 heteroatoms. The van der Waals surface area contributed by atoms with E-state index in [9.17, 15) is 4.79 Å². The van der Waals surface area contributed by atoms with E-state index < -0.39 is 0 Å². The van der Waals surface area contributed by atoms with Gasteiger partial charge in [-0.05, 0) is 38.0 Å². The Bertz CT molecular complexity index is 491. The molecule has 1 heterocycles. The van der Waals surface area contributed by atoms with E-state index in [0.717, 1.165) is 25.1 Å². The molecule has 1 fully saturated rings. The van der Waals surface area contributed by atoms with Crippen molar-refractivity contribution in [1.29, 1.82) is 0 Å². The third kappa shape index (κ3) is 3.64. The first-order chi connectivity index (χ1) is 9.47. The number of hydrogen-bond acceptors (Lipinski definition) is 3. The lowest BCUT2D eigenvalue weighted by molar-refractivity contribution is 0.0232. The van der Waals surface area contributed by atoms with Gasteiger partial charge in [0.1, 0.15) is 0 Å². The van der Waals surface area contributed by atoms with Crippen LogP contribution in [0.5, 0.6) is 0 Å². The minimum absolute atomic E-state index is 0.0238. The minimum Gasteiger partial charge on any atom is -0.381 e. The standard InChI is InChI=1S/C15H21ClN2O2/c1-10-8-12(6-7-20-10)17-14-9-11(16)4-5-13(14)15(19)18(2)3/h4-5,9-10,12,17H,6-8H2,1-3H3. The van der Waals surface area contributed by atoms with Gasteiger partial charge in [-0.25, -0.2) is 0 Å². The Kier molecular flexibility index (Phi) is 4.89. The number of anilines is 1. The van der Waals surface area contributed by atoms with Gasteiger partial charge < -0.3 is 15.0 Å². The largest absolute Gasteiger partial charge is 0.381 e. The lowest BCUT2D eigenvalue weighted by Gasteiger charge is -2.29. The van der Waals surface area contributed by atoms with Crippen molar-refractivity contribution in [3.63, 3.8) is 0 Å². The number of rotatable bonds is 3. The summed E-state index contributed by atoms with van der Waals surface area (Å²) in [5.74, 6) is -0.0238. The summed E-state index contributed by atoms with van der Waals surface area (Å²) in [6.45, 7) is 2.81. The van der Waals surface area contributed by atoms with E-state index >= 15 is 0 Å². The molecule has 4 nitrogen and oxygen atoms in total. The van der Waals surface area contributed by atoms with Crippen molar-refractivity contribution in [3.05, 3.63) is 28.8 Å². The molecule has 1 aromatic carbocycles. The van der Waals surface area contributed by atoms with Gasteiger partial charge in [0, 0.05) is 37.5 Å². The van der Waals surface area contributed by atoms with Gasteiger partial charge in [-0.2, -0.15) is 0 Å². The first kappa shape index (κ1) is 15.1. The molecule has 1 amide bonds. The molecule has 2 atom stereocenters. The van der Waals surface area contributed by atoms with Crippen LogP contribution < -0.4 is 5.32 Å². The fourth-order valence-electron chi connectivity index (χ4n) is 2.41. The Morgan fingerprint density at radius 3 is 2.85 bits per heavy atom. The molecule has 1 N–H and O–H groups in total. The Morgan fingerprint density at radius 1 is 1.45 bits per heavy atom. The van der Waals surface area contributed by atoms with Gasteiger partial charge in [0.05, 0.1) is 11.7 Å². The maximum Gasteiger partial charge on any atom is 0.255 e. The Labute approximate surface area is 125 Å². The molecular weight excluding hydrogens is 276 g/mol. The quantitative estimate of drug-likeness (QED) is 0.932. The molecular formula is C15H21ClN2O2. The number of benzene rings is 1. The average molecular weight is 297 g/mol. The van der Waals surface area contributed by atoms with E-state index in [1.165, 1.54) is 0 Å². The Balaban J connectivity index is 2.21. The molecule has 0 radical (unpaired) electrons. The van der Waals surface area contributed by atoms with Crippen molar-refractivity contribution in [2.45, 2.75) is 31.9 Å². The number of amides is 1. The van der Waals surface area contributed by atoms with Crippen LogP contribution in [-0.4, -0.2) is 43.7 Å². The molecule has 2 rings (SSSR count). The summed E-state index contributed by atoms with van der Waals surface area (Å²) in [7, 11) is 3.49. The molecule has 20 heavy (non-hydrogen) atoms. The maximum atomic E-state index is 12.2. The minimum atomic E-state index is -0.0238. The number of carbonyl (C=O) groups excluding carboxylic acids is 1. The summed E-state index contributed by atoms with van der Waals surface area (Å²) < 4.78 is 5.54. The third-order valence-corrected chi connectivity index (χ3v) is 3.70. The first-order valence-electron chi connectivity index (χ1n) is 6.86. The molecule has 0 spiro atoms. The zero-order chi connectivity index (χ0) is 14.7. The zero-order valence-electron chi connectivity index (χ0n) is 12.1. The molecule has 1 aliphatic rings. The SMILES string of the molecule is CC1CC(Nc2cc(Cl)ccc2C(=O)N(C)C)CCO1. The van der Waals surface area contributed by atoms with Gasteiger partial charge in [0.15, 0.2) is 0 Å². The summed E-state index contributed by atoms with van der Waals surface area (Å²) in [5, 5.41) is 4.07. The first-order valence-corrected chi connectivity index (χ1v) is 7.24. The third-order valence-electron chi connectivity index (χ3n) is 3.46. The lowest BCUT2D eigenvalue weighted by Crippen LogP contribution is -2.33. The smallest absolute Gasteiger partial charge is 0.255 e. The van der Waals surface area contributed by atoms with Gasteiger partial charge in [0.25, 0.3) is 5.91 Å². The van der Waals surface area contributed by atoms with Crippen LogP contribution in [0.25, 0.3) is 0 Å². The van der Waals surface area contributed by atoms with E-state index in [2.05, 4.69) is 12.2 Å². The average Bonchev–Trinajstić information content (AvgIpc) is 2.38. The lowest BCUT2D eigenvalue weighted by atomic mass is 10.0. The molecule has 0 saturated carbocycles. The van der Waals surface area contributed by atoms with Crippen LogP contribution in [-0.2, 0) is 4.74 Å². The van der Waals surface area contributed by atoms with Crippen LogP contribution in [0.1, 0.15) is 30.1 Å². The van der Waals surface area contributed by atoms with Crippen LogP contribution in [0.2, 0.25) is 5.02 Å². The number of halogens is 1. The fourth-order valence-corrected chi connectivity index (χ4v) is 2.58. The Morgan fingerprint density at radius 2 is 2.20 bits per heavy atom. The number of nitrogens with one attached hydrogen (secondary N) is 1. The van der Waals surface area contributed by atoms with Gasteiger partial charge in [-0.15, -0.1) is 0 Å². The van der Waals surface area contributed by atoms with E-state index in [1.54, 1.807) is 31.1 Å². The van der Waals surface area contributed by atoms with Crippen molar-refractivity contribution in [2.24, 2.45) is 0 Å². The van der Waals surface area contributed by atoms with Crippen LogP contribution in [0, 0.1) is 0 Å². The van der Waals surface area contributed by atoms with E-state index in [-0.39, 0.29) is 12.0 Å². The van der Waals surface area contributed by atoms with Crippen molar-refractivity contribution >= 4 is 23.2 Å². The highest BCUT2D eigenvalue weighted by Crippen LogP contribution is 2.25. The van der Waals surface area contributed by atoms with Crippen LogP contribution >= 0.6 is 11.6 Å². The monoisotopic (exact) mass is 296 g/mol.